The molecule has 6 heteroatoms. The second-order valence-corrected chi connectivity index (χ2v) is 4.66. The lowest BCUT2D eigenvalue weighted by Crippen LogP contribution is -1.88. The molecule has 16 heavy (non-hydrogen) atoms. The van der Waals surface area contributed by atoms with Gasteiger partial charge in [-0.05, 0) is 11.6 Å². The molecule has 0 aliphatic rings. The fourth-order valence-corrected chi connectivity index (χ4v) is 2.36. The van der Waals surface area contributed by atoms with Gasteiger partial charge in [-0.15, -0.1) is 0 Å². The van der Waals surface area contributed by atoms with Gasteiger partial charge in [0.1, 0.15) is 15.3 Å². The minimum atomic E-state index is 0.401. The molecule has 0 saturated heterocycles. The number of aromatic nitrogens is 3. The molecule has 2 aromatic rings. The maximum absolute atomic E-state index is 5.95. The molecule has 0 aliphatic carbocycles. The predicted molar refractivity (Wildman–Crippen MR) is 65.9 cm³/mol. The monoisotopic (exact) mass is 271 g/mol. The Balaban J connectivity index is 2.05. The third-order valence-electron chi connectivity index (χ3n) is 1.81. The normalized spacial score (nSPS) is 10.4. The van der Waals surface area contributed by atoms with Crippen LogP contribution in [0.25, 0.3) is 0 Å². The van der Waals surface area contributed by atoms with Crippen LogP contribution in [0, 0.1) is 0 Å². The third kappa shape index (κ3) is 3.07. The maximum Gasteiger partial charge on any atom is 0.134 e. The molecule has 0 bridgehead atoms. The van der Waals surface area contributed by atoms with Crippen LogP contribution in [0.1, 0.15) is 5.56 Å². The zero-order valence-corrected chi connectivity index (χ0v) is 10.4. The highest BCUT2D eigenvalue weighted by atomic mass is 35.5. The summed E-state index contributed by atoms with van der Waals surface area (Å²) in [6.07, 6.45) is 5.01. The van der Waals surface area contributed by atoms with Crippen LogP contribution < -0.4 is 0 Å². The van der Waals surface area contributed by atoms with Gasteiger partial charge in [-0.25, -0.2) is 9.97 Å². The molecule has 2 aromatic heterocycles. The molecular weight excluding hydrogens is 265 g/mol. The Labute approximate surface area is 107 Å². The van der Waals surface area contributed by atoms with Crippen LogP contribution in [0.15, 0.2) is 35.7 Å². The summed E-state index contributed by atoms with van der Waals surface area (Å²) in [4.78, 5) is 12.1. The summed E-state index contributed by atoms with van der Waals surface area (Å²) in [6, 6.07) is 3.58. The molecule has 0 amide bonds. The molecule has 0 radical (unpaired) electrons. The Morgan fingerprint density at radius 1 is 1.19 bits per heavy atom. The number of nitrogens with zero attached hydrogens (tertiary/aromatic N) is 3. The first-order valence-corrected chi connectivity index (χ1v) is 6.19. The Bertz CT molecular complexity index is 479. The van der Waals surface area contributed by atoms with E-state index in [9.17, 15) is 0 Å². The van der Waals surface area contributed by atoms with Gasteiger partial charge in [0.15, 0.2) is 0 Å². The van der Waals surface area contributed by atoms with Crippen molar-refractivity contribution in [1.29, 1.82) is 0 Å². The average molecular weight is 272 g/mol. The highest BCUT2D eigenvalue weighted by Crippen LogP contribution is 2.24. The van der Waals surface area contributed by atoms with Crippen LogP contribution in [-0.2, 0) is 5.75 Å². The van der Waals surface area contributed by atoms with Crippen molar-refractivity contribution in [3.05, 3.63) is 46.6 Å². The lowest BCUT2D eigenvalue weighted by atomic mass is 10.3. The number of halogens is 2. The van der Waals surface area contributed by atoms with Gasteiger partial charge >= 0.3 is 0 Å². The van der Waals surface area contributed by atoms with E-state index in [4.69, 9.17) is 23.2 Å². The van der Waals surface area contributed by atoms with E-state index in [0.717, 1.165) is 10.6 Å². The van der Waals surface area contributed by atoms with Gasteiger partial charge in [0.25, 0.3) is 0 Å². The van der Waals surface area contributed by atoms with E-state index in [1.54, 1.807) is 36.4 Å². The number of hydrogen-bond donors (Lipinski definition) is 0. The van der Waals surface area contributed by atoms with Gasteiger partial charge in [-0.1, -0.05) is 41.0 Å². The summed E-state index contributed by atoms with van der Waals surface area (Å²) in [6.45, 7) is 0. The molecule has 0 N–H and O–H groups in total. The van der Waals surface area contributed by atoms with Crippen molar-refractivity contribution in [3.8, 4) is 0 Å². The van der Waals surface area contributed by atoms with Crippen molar-refractivity contribution in [3.63, 3.8) is 0 Å². The number of pyridine rings is 1. The minimum absolute atomic E-state index is 0.401. The van der Waals surface area contributed by atoms with Crippen molar-refractivity contribution in [2.75, 3.05) is 0 Å². The standard InChI is InChI=1S/C10H7Cl2N3S/c11-8-2-1-7(10(12)15-8)6-16-9-5-13-3-4-14-9/h1-5H,6H2. The molecule has 0 fully saturated rings. The fraction of sp³-hybridized carbons (Fsp3) is 0.100. The maximum atomic E-state index is 5.95. The lowest BCUT2D eigenvalue weighted by Gasteiger charge is -2.02. The van der Waals surface area contributed by atoms with Crippen LogP contribution in [0.4, 0.5) is 0 Å². The first-order valence-electron chi connectivity index (χ1n) is 4.45. The summed E-state index contributed by atoms with van der Waals surface area (Å²) < 4.78 is 0. The minimum Gasteiger partial charge on any atom is -0.260 e. The molecule has 2 heterocycles. The fourth-order valence-electron chi connectivity index (χ4n) is 1.06. The second kappa shape index (κ2) is 5.48. The molecule has 0 saturated carbocycles. The van der Waals surface area contributed by atoms with Crippen LogP contribution in [0.5, 0.6) is 0 Å². The summed E-state index contributed by atoms with van der Waals surface area (Å²) in [7, 11) is 0. The van der Waals surface area contributed by atoms with E-state index in [-0.39, 0.29) is 0 Å². The molecule has 0 spiro atoms. The van der Waals surface area contributed by atoms with E-state index in [1.807, 2.05) is 6.07 Å². The van der Waals surface area contributed by atoms with Crippen LogP contribution in [0.2, 0.25) is 10.3 Å². The first kappa shape index (κ1) is 11.6. The smallest absolute Gasteiger partial charge is 0.134 e. The zero-order chi connectivity index (χ0) is 11.4. The summed E-state index contributed by atoms with van der Waals surface area (Å²) in [5.41, 5.74) is 0.932. The SMILES string of the molecule is Clc1ccc(CSc2cnccn2)c(Cl)n1. The van der Waals surface area contributed by atoms with Crippen LogP contribution in [-0.4, -0.2) is 15.0 Å². The van der Waals surface area contributed by atoms with E-state index >= 15 is 0 Å². The Morgan fingerprint density at radius 3 is 2.75 bits per heavy atom. The predicted octanol–water partition coefficient (Wildman–Crippen LogP) is 3.47. The van der Waals surface area contributed by atoms with E-state index in [0.29, 0.717) is 16.1 Å². The van der Waals surface area contributed by atoms with Gasteiger partial charge in [0.05, 0.1) is 6.20 Å². The Kier molecular flexibility index (Phi) is 3.98. The van der Waals surface area contributed by atoms with E-state index in [2.05, 4.69) is 15.0 Å². The molecule has 0 aliphatic heterocycles. The van der Waals surface area contributed by atoms with Crippen molar-refractivity contribution in [2.45, 2.75) is 10.8 Å². The molecule has 3 nitrogen and oxygen atoms in total. The van der Waals surface area contributed by atoms with E-state index < -0.39 is 0 Å². The quantitative estimate of drug-likeness (QED) is 0.633. The first-order chi connectivity index (χ1) is 7.75. The summed E-state index contributed by atoms with van der Waals surface area (Å²) >= 11 is 13.2. The van der Waals surface area contributed by atoms with Crippen LogP contribution >= 0.6 is 35.0 Å². The van der Waals surface area contributed by atoms with Gasteiger partial charge < -0.3 is 0 Å². The molecule has 2 rings (SSSR count). The van der Waals surface area contributed by atoms with E-state index in [1.165, 1.54) is 0 Å². The number of thioether (sulfide) groups is 1. The van der Waals surface area contributed by atoms with Gasteiger partial charge in [-0.2, -0.15) is 0 Å². The molecular formula is C10H7Cl2N3S. The lowest BCUT2D eigenvalue weighted by molar-refractivity contribution is 1.05. The molecule has 0 unspecified atom stereocenters. The Hall–Kier alpha value is -0.840. The Morgan fingerprint density at radius 2 is 2.06 bits per heavy atom. The largest absolute Gasteiger partial charge is 0.260 e. The third-order valence-corrected chi connectivity index (χ3v) is 3.31. The van der Waals surface area contributed by atoms with Crippen molar-refractivity contribution in [1.82, 2.24) is 15.0 Å². The number of rotatable bonds is 3. The molecule has 0 atom stereocenters. The summed E-state index contributed by atoms with van der Waals surface area (Å²) in [5.74, 6) is 0.696. The topological polar surface area (TPSA) is 38.7 Å². The van der Waals surface area contributed by atoms with Crippen molar-refractivity contribution in [2.24, 2.45) is 0 Å². The van der Waals surface area contributed by atoms with Crippen LogP contribution in [0.3, 0.4) is 0 Å². The molecule has 0 aromatic carbocycles. The molecule has 82 valence electrons. The second-order valence-electron chi connectivity index (χ2n) is 2.92. The van der Waals surface area contributed by atoms with Gasteiger partial charge in [0, 0.05) is 18.1 Å². The zero-order valence-electron chi connectivity index (χ0n) is 8.10. The highest BCUT2D eigenvalue weighted by molar-refractivity contribution is 7.98. The summed E-state index contributed by atoms with van der Waals surface area (Å²) in [5, 5.41) is 1.69. The van der Waals surface area contributed by atoms with Gasteiger partial charge in [-0.3, -0.25) is 4.98 Å². The van der Waals surface area contributed by atoms with Crippen molar-refractivity contribution >= 4 is 35.0 Å². The van der Waals surface area contributed by atoms with Crippen molar-refractivity contribution < 1.29 is 0 Å². The highest BCUT2D eigenvalue weighted by Gasteiger charge is 2.04. The number of hydrogen-bond acceptors (Lipinski definition) is 4. The van der Waals surface area contributed by atoms with Gasteiger partial charge in [0.2, 0.25) is 0 Å². The average Bonchev–Trinajstić information content (AvgIpc) is 2.29.